The Hall–Kier alpha value is -2.38. The molecule has 7 heteroatoms. The smallest absolute Gasteiger partial charge is 0.341 e. The van der Waals surface area contributed by atoms with E-state index < -0.39 is 0 Å². The summed E-state index contributed by atoms with van der Waals surface area (Å²) in [6, 6.07) is 7.58. The van der Waals surface area contributed by atoms with E-state index in [4.69, 9.17) is 9.47 Å². The Labute approximate surface area is 181 Å². The van der Waals surface area contributed by atoms with Gasteiger partial charge in [0.15, 0.2) is 0 Å². The standard InChI is InChI=1S/C23H28N2O4S/c1-23(2)9-8-17-18(14-23)30-21(19(17)22(27)28-3)24-20(26)15-4-6-16(7-5-15)25-10-12-29-13-11-25/h4-7H,8-14H2,1-3H3,(H,24,26). The fourth-order valence-electron chi connectivity index (χ4n) is 4.13. The van der Waals surface area contributed by atoms with E-state index in [9.17, 15) is 9.59 Å². The van der Waals surface area contributed by atoms with Gasteiger partial charge in [0.05, 0.1) is 25.9 Å². The van der Waals surface area contributed by atoms with Crippen LogP contribution >= 0.6 is 11.3 Å². The van der Waals surface area contributed by atoms with Gasteiger partial charge < -0.3 is 19.7 Å². The number of fused-ring (bicyclic) bond motifs is 1. The van der Waals surface area contributed by atoms with Crippen molar-refractivity contribution in [1.29, 1.82) is 0 Å². The van der Waals surface area contributed by atoms with Crippen molar-refractivity contribution in [3.05, 3.63) is 45.8 Å². The number of esters is 1. The number of carbonyl (C=O) groups is 2. The monoisotopic (exact) mass is 428 g/mol. The summed E-state index contributed by atoms with van der Waals surface area (Å²) in [6.45, 7) is 7.62. The van der Waals surface area contributed by atoms with Gasteiger partial charge in [0.1, 0.15) is 5.00 Å². The van der Waals surface area contributed by atoms with Crippen LogP contribution in [-0.2, 0) is 22.3 Å². The molecule has 0 atom stereocenters. The van der Waals surface area contributed by atoms with Gasteiger partial charge in [0.2, 0.25) is 0 Å². The molecule has 0 bridgehead atoms. The molecule has 1 saturated heterocycles. The number of carbonyl (C=O) groups excluding carboxylic acids is 2. The summed E-state index contributed by atoms with van der Waals surface area (Å²) in [5, 5.41) is 3.56. The van der Waals surface area contributed by atoms with Crippen LogP contribution in [0.1, 0.15) is 51.4 Å². The number of ether oxygens (including phenoxy) is 2. The number of hydrogen-bond acceptors (Lipinski definition) is 6. The van der Waals surface area contributed by atoms with Gasteiger partial charge in [-0.15, -0.1) is 11.3 Å². The Bertz CT molecular complexity index is 943. The van der Waals surface area contributed by atoms with Crippen molar-refractivity contribution in [2.45, 2.75) is 33.1 Å². The SMILES string of the molecule is COC(=O)c1c(NC(=O)c2ccc(N3CCOCC3)cc2)sc2c1CCC(C)(C)C2. The van der Waals surface area contributed by atoms with Gasteiger partial charge in [0, 0.05) is 29.2 Å². The molecule has 0 radical (unpaired) electrons. The fourth-order valence-corrected chi connectivity index (χ4v) is 5.62. The Morgan fingerprint density at radius 1 is 1.17 bits per heavy atom. The van der Waals surface area contributed by atoms with Crippen molar-refractivity contribution in [2.24, 2.45) is 5.41 Å². The molecule has 1 amide bonds. The van der Waals surface area contributed by atoms with Crippen LogP contribution < -0.4 is 10.2 Å². The van der Waals surface area contributed by atoms with Crippen LogP contribution in [0.25, 0.3) is 0 Å². The molecule has 160 valence electrons. The molecule has 6 nitrogen and oxygen atoms in total. The van der Waals surface area contributed by atoms with Crippen LogP contribution in [-0.4, -0.2) is 45.3 Å². The van der Waals surface area contributed by atoms with E-state index in [1.807, 2.05) is 24.3 Å². The van der Waals surface area contributed by atoms with Gasteiger partial charge in [-0.05, 0) is 54.5 Å². The lowest BCUT2D eigenvalue weighted by Gasteiger charge is -2.29. The Morgan fingerprint density at radius 3 is 2.53 bits per heavy atom. The minimum absolute atomic E-state index is 0.196. The first-order valence-electron chi connectivity index (χ1n) is 10.3. The first-order chi connectivity index (χ1) is 14.4. The zero-order chi connectivity index (χ0) is 21.3. The first-order valence-corrected chi connectivity index (χ1v) is 11.2. The average molecular weight is 429 g/mol. The van der Waals surface area contributed by atoms with Crippen LogP contribution in [0.4, 0.5) is 10.7 Å². The minimum Gasteiger partial charge on any atom is -0.465 e. The average Bonchev–Trinajstić information content (AvgIpc) is 3.09. The third-order valence-electron chi connectivity index (χ3n) is 5.90. The summed E-state index contributed by atoms with van der Waals surface area (Å²) >= 11 is 1.50. The first kappa shape index (κ1) is 20.9. The van der Waals surface area contributed by atoms with E-state index in [1.54, 1.807) is 0 Å². The molecule has 1 N–H and O–H groups in total. The molecule has 1 aromatic heterocycles. The second-order valence-electron chi connectivity index (χ2n) is 8.64. The second kappa shape index (κ2) is 8.40. The van der Waals surface area contributed by atoms with Crippen LogP contribution in [0.15, 0.2) is 24.3 Å². The zero-order valence-corrected chi connectivity index (χ0v) is 18.6. The highest BCUT2D eigenvalue weighted by molar-refractivity contribution is 7.17. The number of benzene rings is 1. The number of thiophene rings is 1. The summed E-state index contributed by atoms with van der Waals surface area (Å²) in [5.74, 6) is -0.600. The highest BCUT2D eigenvalue weighted by atomic mass is 32.1. The van der Waals surface area contributed by atoms with Gasteiger partial charge in [-0.2, -0.15) is 0 Å². The molecule has 0 spiro atoms. The highest BCUT2D eigenvalue weighted by Gasteiger charge is 2.33. The van der Waals surface area contributed by atoms with Crippen LogP contribution in [0.3, 0.4) is 0 Å². The minimum atomic E-state index is -0.384. The normalized spacial score (nSPS) is 17.9. The van der Waals surface area contributed by atoms with Crippen molar-refractivity contribution in [1.82, 2.24) is 0 Å². The number of nitrogens with zero attached hydrogens (tertiary/aromatic N) is 1. The molecule has 0 saturated carbocycles. The molecule has 1 aliphatic heterocycles. The van der Waals surface area contributed by atoms with Gasteiger partial charge in [-0.25, -0.2) is 4.79 Å². The predicted octanol–water partition coefficient (Wildman–Crippen LogP) is 4.14. The summed E-state index contributed by atoms with van der Waals surface area (Å²) in [5.41, 5.74) is 3.39. The lowest BCUT2D eigenvalue weighted by atomic mass is 9.77. The number of amides is 1. The van der Waals surface area contributed by atoms with Gasteiger partial charge in [-0.1, -0.05) is 13.8 Å². The molecular formula is C23H28N2O4S. The lowest BCUT2D eigenvalue weighted by molar-refractivity contribution is 0.0600. The molecule has 4 rings (SSSR count). The summed E-state index contributed by atoms with van der Waals surface area (Å²) in [6.07, 6.45) is 2.74. The van der Waals surface area contributed by atoms with E-state index >= 15 is 0 Å². The number of morpholine rings is 1. The number of anilines is 2. The molecule has 0 unspecified atom stereocenters. The molecule has 1 aliphatic carbocycles. The summed E-state index contributed by atoms with van der Waals surface area (Å²) in [7, 11) is 1.38. The second-order valence-corrected chi connectivity index (χ2v) is 9.75. The number of hydrogen-bond donors (Lipinski definition) is 1. The zero-order valence-electron chi connectivity index (χ0n) is 17.7. The molecule has 2 aliphatic rings. The quantitative estimate of drug-likeness (QED) is 0.742. The van der Waals surface area contributed by atoms with Gasteiger partial charge in [-0.3, -0.25) is 4.79 Å². The van der Waals surface area contributed by atoms with E-state index in [1.165, 1.54) is 23.3 Å². The summed E-state index contributed by atoms with van der Waals surface area (Å²) in [4.78, 5) is 28.8. The molecule has 2 aromatic rings. The van der Waals surface area contributed by atoms with Crippen molar-refractivity contribution in [2.75, 3.05) is 43.6 Å². The van der Waals surface area contributed by atoms with Crippen molar-refractivity contribution < 1.29 is 19.1 Å². The largest absolute Gasteiger partial charge is 0.465 e. The van der Waals surface area contributed by atoms with Crippen molar-refractivity contribution in [3.8, 4) is 0 Å². The molecule has 2 heterocycles. The molecular weight excluding hydrogens is 400 g/mol. The van der Waals surface area contributed by atoms with E-state index in [0.29, 0.717) is 16.1 Å². The highest BCUT2D eigenvalue weighted by Crippen LogP contribution is 2.44. The van der Waals surface area contributed by atoms with E-state index in [-0.39, 0.29) is 17.3 Å². The third-order valence-corrected chi connectivity index (χ3v) is 7.05. The van der Waals surface area contributed by atoms with Gasteiger partial charge in [0.25, 0.3) is 5.91 Å². The Balaban J connectivity index is 1.55. The van der Waals surface area contributed by atoms with Gasteiger partial charge >= 0.3 is 5.97 Å². The van der Waals surface area contributed by atoms with E-state index in [0.717, 1.165) is 56.8 Å². The van der Waals surface area contributed by atoms with E-state index in [2.05, 4.69) is 24.1 Å². The van der Waals surface area contributed by atoms with Crippen LogP contribution in [0, 0.1) is 5.41 Å². The van der Waals surface area contributed by atoms with Crippen molar-refractivity contribution in [3.63, 3.8) is 0 Å². The molecule has 1 fully saturated rings. The number of nitrogens with one attached hydrogen (secondary N) is 1. The molecule has 1 aromatic carbocycles. The number of methoxy groups -OCH3 is 1. The predicted molar refractivity (Wildman–Crippen MR) is 119 cm³/mol. The summed E-state index contributed by atoms with van der Waals surface area (Å²) < 4.78 is 10.4. The Morgan fingerprint density at radius 2 is 1.87 bits per heavy atom. The maximum atomic E-state index is 12.9. The fraction of sp³-hybridized carbons (Fsp3) is 0.478. The Kier molecular flexibility index (Phi) is 5.84. The third kappa shape index (κ3) is 4.23. The van der Waals surface area contributed by atoms with Crippen LogP contribution in [0.5, 0.6) is 0 Å². The topological polar surface area (TPSA) is 67.9 Å². The van der Waals surface area contributed by atoms with Crippen LogP contribution in [0.2, 0.25) is 0 Å². The maximum absolute atomic E-state index is 12.9. The lowest BCUT2D eigenvalue weighted by Crippen LogP contribution is -2.36. The molecule has 30 heavy (non-hydrogen) atoms. The maximum Gasteiger partial charge on any atom is 0.341 e. The number of rotatable bonds is 4. The van der Waals surface area contributed by atoms with Crippen molar-refractivity contribution >= 4 is 33.9 Å².